The number of alkyl halides is 3. The molecule has 0 spiro atoms. The average Bonchev–Trinajstić information content (AvgIpc) is 1.96. The number of benzene rings is 1. The van der Waals surface area contributed by atoms with Gasteiger partial charge in [0.1, 0.15) is 5.82 Å². The highest BCUT2D eigenvalue weighted by molar-refractivity contribution is 5.46. The van der Waals surface area contributed by atoms with Crippen LogP contribution in [-0.4, -0.2) is 6.36 Å². The van der Waals surface area contributed by atoms with E-state index >= 15 is 0 Å². The first-order chi connectivity index (χ1) is 6.29. The van der Waals surface area contributed by atoms with E-state index in [1.807, 2.05) is 0 Å². The summed E-state index contributed by atoms with van der Waals surface area (Å²) in [5, 5.41) is 0. The van der Waals surface area contributed by atoms with Gasteiger partial charge in [-0.3, -0.25) is 0 Å². The molecule has 0 aliphatic rings. The fraction of sp³-hybridized carbons (Fsp3) is 0.143. The van der Waals surface area contributed by atoms with Crippen LogP contribution >= 0.6 is 0 Å². The minimum Gasteiger partial charge on any atom is -0.402 e. The Labute approximate surface area is 75.1 Å². The number of ether oxygens (including phenoxy) is 1. The smallest absolute Gasteiger partial charge is 0.402 e. The van der Waals surface area contributed by atoms with Crippen molar-refractivity contribution in [3.05, 3.63) is 23.8 Å². The Bertz CT molecular complexity index is 349. The van der Waals surface area contributed by atoms with Crippen molar-refractivity contribution in [3.63, 3.8) is 0 Å². The van der Waals surface area contributed by atoms with Crippen LogP contribution < -0.4 is 10.5 Å². The lowest BCUT2D eigenvalue weighted by Gasteiger charge is -2.10. The van der Waals surface area contributed by atoms with Crippen LogP contribution in [0.4, 0.5) is 27.6 Å². The molecule has 0 saturated carbocycles. The van der Waals surface area contributed by atoms with Crippen LogP contribution in [0.1, 0.15) is 0 Å². The van der Waals surface area contributed by atoms with Crippen molar-refractivity contribution in [1.82, 2.24) is 0 Å². The van der Waals surface area contributed by atoms with E-state index in [4.69, 9.17) is 5.73 Å². The highest BCUT2D eigenvalue weighted by atomic mass is 19.4. The molecule has 0 aliphatic heterocycles. The van der Waals surface area contributed by atoms with Crippen molar-refractivity contribution in [2.24, 2.45) is 0 Å². The molecule has 14 heavy (non-hydrogen) atoms. The lowest BCUT2D eigenvalue weighted by Crippen LogP contribution is -2.18. The number of halogens is 5. The molecule has 1 rings (SSSR count). The number of anilines is 1. The third kappa shape index (κ3) is 2.48. The minimum absolute atomic E-state index is 0.263. The molecule has 78 valence electrons. The Hall–Kier alpha value is -1.53. The third-order valence-electron chi connectivity index (χ3n) is 1.26. The molecule has 0 unspecified atom stereocenters. The Kier molecular flexibility index (Phi) is 2.50. The van der Waals surface area contributed by atoms with E-state index in [2.05, 4.69) is 4.74 Å². The maximum atomic E-state index is 12.8. The predicted octanol–water partition coefficient (Wildman–Crippen LogP) is 2.45. The van der Waals surface area contributed by atoms with Gasteiger partial charge in [-0.05, 0) is 0 Å². The van der Waals surface area contributed by atoms with Gasteiger partial charge >= 0.3 is 6.36 Å². The highest BCUT2D eigenvalue weighted by Crippen LogP contribution is 2.29. The Morgan fingerprint density at radius 3 is 2.21 bits per heavy atom. The van der Waals surface area contributed by atoms with Crippen LogP contribution in [0.5, 0.6) is 5.75 Å². The maximum absolute atomic E-state index is 12.8. The van der Waals surface area contributed by atoms with Gasteiger partial charge in [-0.25, -0.2) is 8.78 Å². The highest BCUT2D eigenvalue weighted by Gasteiger charge is 2.33. The fourth-order valence-corrected chi connectivity index (χ4v) is 0.783. The first kappa shape index (κ1) is 10.6. The summed E-state index contributed by atoms with van der Waals surface area (Å²) in [6.07, 6.45) is -5.08. The van der Waals surface area contributed by atoms with Crippen molar-refractivity contribution in [2.45, 2.75) is 6.36 Å². The number of nitrogens with two attached hydrogens (primary N) is 1. The molecule has 7 heteroatoms. The Morgan fingerprint density at radius 1 is 1.14 bits per heavy atom. The zero-order valence-electron chi connectivity index (χ0n) is 6.53. The number of hydrogen-bond donors (Lipinski definition) is 1. The second kappa shape index (κ2) is 3.32. The van der Waals surface area contributed by atoms with Gasteiger partial charge in [0.05, 0.1) is 5.69 Å². The quantitative estimate of drug-likeness (QED) is 0.574. The lowest BCUT2D eigenvalue weighted by atomic mass is 10.3. The number of hydrogen-bond acceptors (Lipinski definition) is 2. The van der Waals surface area contributed by atoms with Gasteiger partial charge in [0.2, 0.25) is 0 Å². The van der Waals surface area contributed by atoms with E-state index in [-0.39, 0.29) is 6.07 Å². The summed E-state index contributed by atoms with van der Waals surface area (Å²) in [4.78, 5) is 0. The number of nitrogen functional groups attached to an aromatic ring is 1. The van der Waals surface area contributed by atoms with Crippen molar-refractivity contribution in [3.8, 4) is 5.75 Å². The Morgan fingerprint density at radius 2 is 1.71 bits per heavy atom. The monoisotopic (exact) mass is 213 g/mol. The SMILES string of the molecule is Nc1cc(F)cc(OC(F)(F)F)c1F. The second-order valence-electron chi connectivity index (χ2n) is 2.35. The van der Waals surface area contributed by atoms with Crippen LogP contribution in [0, 0.1) is 11.6 Å². The molecule has 0 radical (unpaired) electrons. The molecule has 0 fully saturated rings. The summed E-state index contributed by atoms with van der Waals surface area (Å²) in [5.74, 6) is -3.83. The third-order valence-corrected chi connectivity index (χ3v) is 1.26. The standard InChI is InChI=1S/C7H4F5NO/c8-3-1-4(13)6(9)5(2-3)14-7(10,11)12/h1-2H,13H2. The van der Waals surface area contributed by atoms with Crippen LogP contribution in [0.25, 0.3) is 0 Å². The molecule has 1 aromatic rings. The van der Waals surface area contributed by atoms with Crippen LogP contribution in [-0.2, 0) is 0 Å². The van der Waals surface area contributed by atoms with Gasteiger partial charge in [-0.2, -0.15) is 0 Å². The summed E-state index contributed by atoms with van der Waals surface area (Å²) in [6.45, 7) is 0. The van der Waals surface area contributed by atoms with Gasteiger partial charge < -0.3 is 10.5 Å². The molecule has 2 nitrogen and oxygen atoms in total. The van der Waals surface area contributed by atoms with E-state index in [1.165, 1.54) is 0 Å². The fourth-order valence-electron chi connectivity index (χ4n) is 0.783. The molecule has 2 N–H and O–H groups in total. The van der Waals surface area contributed by atoms with Gasteiger partial charge in [0, 0.05) is 12.1 Å². The van der Waals surface area contributed by atoms with Gasteiger partial charge in [-0.1, -0.05) is 0 Å². The zero-order valence-corrected chi connectivity index (χ0v) is 6.53. The molecule has 0 aliphatic carbocycles. The van der Waals surface area contributed by atoms with E-state index in [0.717, 1.165) is 0 Å². The van der Waals surface area contributed by atoms with Crippen molar-refractivity contribution >= 4 is 5.69 Å². The molecule has 0 atom stereocenters. The minimum atomic E-state index is -5.08. The second-order valence-corrected chi connectivity index (χ2v) is 2.35. The first-order valence-electron chi connectivity index (χ1n) is 3.30. The summed E-state index contributed by atoms with van der Waals surface area (Å²) >= 11 is 0. The summed E-state index contributed by atoms with van der Waals surface area (Å²) in [6, 6.07) is 0.817. The van der Waals surface area contributed by atoms with E-state index in [1.54, 1.807) is 0 Å². The van der Waals surface area contributed by atoms with E-state index in [0.29, 0.717) is 6.07 Å². The van der Waals surface area contributed by atoms with Crippen LogP contribution in [0.2, 0.25) is 0 Å². The van der Waals surface area contributed by atoms with Crippen molar-refractivity contribution < 1.29 is 26.7 Å². The Balaban J connectivity index is 3.09. The maximum Gasteiger partial charge on any atom is 0.573 e. The topological polar surface area (TPSA) is 35.2 Å². The predicted molar refractivity (Wildman–Crippen MR) is 37.5 cm³/mol. The molecule has 0 aromatic heterocycles. The molecular formula is C7H4F5NO. The van der Waals surface area contributed by atoms with Crippen molar-refractivity contribution in [2.75, 3.05) is 5.73 Å². The molecule has 0 bridgehead atoms. The number of rotatable bonds is 1. The van der Waals surface area contributed by atoms with Crippen LogP contribution in [0.3, 0.4) is 0 Å². The zero-order chi connectivity index (χ0) is 10.9. The molecular weight excluding hydrogens is 209 g/mol. The average molecular weight is 213 g/mol. The molecule has 0 saturated heterocycles. The summed E-state index contributed by atoms with van der Waals surface area (Å²) in [5.41, 5.74) is 4.13. The van der Waals surface area contributed by atoms with Gasteiger partial charge in [0.15, 0.2) is 11.6 Å². The molecule has 0 amide bonds. The van der Waals surface area contributed by atoms with Gasteiger partial charge in [-0.15, -0.1) is 13.2 Å². The molecule has 0 heterocycles. The van der Waals surface area contributed by atoms with Gasteiger partial charge in [0.25, 0.3) is 0 Å². The molecule has 1 aromatic carbocycles. The lowest BCUT2D eigenvalue weighted by molar-refractivity contribution is -0.275. The van der Waals surface area contributed by atoms with Crippen molar-refractivity contribution in [1.29, 1.82) is 0 Å². The summed E-state index contributed by atoms with van der Waals surface area (Å²) in [7, 11) is 0. The van der Waals surface area contributed by atoms with E-state index in [9.17, 15) is 22.0 Å². The summed E-state index contributed by atoms with van der Waals surface area (Å²) < 4.78 is 63.4. The van der Waals surface area contributed by atoms with Crippen LogP contribution in [0.15, 0.2) is 12.1 Å². The normalized spacial score (nSPS) is 11.5. The first-order valence-corrected chi connectivity index (χ1v) is 3.30. The largest absolute Gasteiger partial charge is 0.573 e. The van der Waals surface area contributed by atoms with E-state index < -0.39 is 29.4 Å².